The second-order valence-corrected chi connectivity index (χ2v) is 7.41. The highest BCUT2D eigenvalue weighted by Gasteiger charge is 2.22. The lowest BCUT2D eigenvalue weighted by molar-refractivity contribution is 0.399. The maximum Gasteiger partial charge on any atom is 0.244 e. The SMILES string of the molecule is C=C(Br)CNS(=O)(=O)c1cc(Cl)cc(Br)c1OC. The first-order chi connectivity index (χ1) is 8.27. The topological polar surface area (TPSA) is 55.4 Å². The molecule has 4 nitrogen and oxygen atoms in total. The summed E-state index contributed by atoms with van der Waals surface area (Å²) in [4.78, 5) is -0.0295. The van der Waals surface area contributed by atoms with Crippen LogP contribution in [0.4, 0.5) is 0 Å². The molecule has 0 saturated carbocycles. The summed E-state index contributed by atoms with van der Waals surface area (Å²) in [7, 11) is -2.34. The third-order valence-corrected chi connectivity index (χ3v) is 4.42. The molecule has 0 unspecified atom stereocenters. The Bertz CT molecular complexity index is 575. The number of benzene rings is 1. The van der Waals surface area contributed by atoms with E-state index in [9.17, 15) is 8.42 Å². The number of hydrogen-bond acceptors (Lipinski definition) is 3. The molecule has 0 aliphatic rings. The largest absolute Gasteiger partial charge is 0.494 e. The zero-order valence-corrected chi connectivity index (χ0v) is 14.1. The average molecular weight is 420 g/mol. The first-order valence-electron chi connectivity index (χ1n) is 4.64. The fourth-order valence-electron chi connectivity index (χ4n) is 1.19. The molecule has 1 N–H and O–H groups in total. The van der Waals surface area contributed by atoms with Crippen molar-refractivity contribution in [3.8, 4) is 5.75 Å². The van der Waals surface area contributed by atoms with Crippen LogP contribution in [0.15, 0.2) is 32.6 Å². The Morgan fingerprint density at radius 1 is 1.56 bits per heavy atom. The molecule has 0 aromatic heterocycles. The minimum atomic E-state index is -3.72. The lowest BCUT2D eigenvalue weighted by atomic mass is 10.3. The number of ether oxygens (including phenoxy) is 1. The van der Waals surface area contributed by atoms with Crippen molar-refractivity contribution in [3.05, 3.63) is 32.7 Å². The molecule has 0 amide bonds. The highest BCUT2D eigenvalue weighted by Crippen LogP contribution is 2.35. The van der Waals surface area contributed by atoms with Gasteiger partial charge in [0.2, 0.25) is 10.0 Å². The first-order valence-corrected chi connectivity index (χ1v) is 8.08. The van der Waals surface area contributed by atoms with Gasteiger partial charge in [-0.15, -0.1) is 0 Å². The van der Waals surface area contributed by atoms with Crippen molar-refractivity contribution < 1.29 is 13.2 Å². The van der Waals surface area contributed by atoms with E-state index in [0.717, 1.165) is 0 Å². The minimum Gasteiger partial charge on any atom is -0.494 e. The first kappa shape index (κ1) is 16.0. The van der Waals surface area contributed by atoms with E-state index in [2.05, 4.69) is 43.2 Å². The van der Waals surface area contributed by atoms with Crippen molar-refractivity contribution >= 4 is 53.5 Å². The third kappa shape index (κ3) is 3.96. The fourth-order valence-corrected chi connectivity index (χ4v) is 3.92. The van der Waals surface area contributed by atoms with Gasteiger partial charge in [-0.2, -0.15) is 0 Å². The monoisotopic (exact) mass is 417 g/mol. The summed E-state index contributed by atoms with van der Waals surface area (Å²) < 4.78 is 32.6. The molecule has 0 saturated heterocycles. The molecule has 0 heterocycles. The van der Waals surface area contributed by atoms with E-state index in [1.165, 1.54) is 13.2 Å². The zero-order valence-electron chi connectivity index (χ0n) is 9.34. The van der Waals surface area contributed by atoms with Crippen molar-refractivity contribution in [1.82, 2.24) is 4.72 Å². The second kappa shape index (κ2) is 6.38. The van der Waals surface area contributed by atoms with Gasteiger partial charge in [-0.1, -0.05) is 34.1 Å². The molecular weight excluding hydrogens is 409 g/mol. The number of nitrogens with one attached hydrogen (secondary N) is 1. The van der Waals surface area contributed by atoms with Gasteiger partial charge in [0.05, 0.1) is 11.6 Å². The summed E-state index contributed by atoms with van der Waals surface area (Å²) in [5.74, 6) is 0.201. The molecule has 0 aliphatic heterocycles. The average Bonchev–Trinajstić information content (AvgIpc) is 2.25. The summed E-state index contributed by atoms with van der Waals surface area (Å²) >= 11 is 12.1. The van der Waals surface area contributed by atoms with Crippen molar-refractivity contribution in [3.63, 3.8) is 0 Å². The van der Waals surface area contributed by atoms with Crippen LogP contribution in [0.3, 0.4) is 0 Å². The molecule has 18 heavy (non-hydrogen) atoms. The van der Waals surface area contributed by atoms with Gasteiger partial charge in [0, 0.05) is 16.0 Å². The molecule has 1 aromatic carbocycles. The summed E-state index contributed by atoms with van der Waals surface area (Å²) in [6.07, 6.45) is 0. The van der Waals surface area contributed by atoms with Crippen molar-refractivity contribution in [2.75, 3.05) is 13.7 Å². The molecule has 0 bridgehead atoms. The van der Waals surface area contributed by atoms with E-state index >= 15 is 0 Å². The fraction of sp³-hybridized carbons (Fsp3) is 0.200. The number of rotatable bonds is 5. The number of sulfonamides is 1. The third-order valence-electron chi connectivity index (χ3n) is 1.92. The summed E-state index contributed by atoms with van der Waals surface area (Å²) in [6.45, 7) is 3.63. The van der Waals surface area contributed by atoms with Crippen molar-refractivity contribution in [2.24, 2.45) is 0 Å². The van der Waals surface area contributed by atoms with Crippen LogP contribution in [0.1, 0.15) is 0 Å². The minimum absolute atomic E-state index is 0.0295. The molecule has 0 spiro atoms. The Hall–Kier alpha value is -0.0800. The van der Waals surface area contributed by atoms with E-state index in [-0.39, 0.29) is 17.2 Å². The molecule has 8 heteroatoms. The van der Waals surface area contributed by atoms with Gasteiger partial charge < -0.3 is 4.74 Å². The standard InChI is InChI=1S/C10H10Br2ClNO3S/c1-6(11)5-14-18(15,16)9-4-7(13)3-8(12)10(9)17-2/h3-4,14H,1,5H2,2H3. The van der Waals surface area contributed by atoms with Crippen LogP contribution < -0.4 is 9.46 Å². The predicted octanol–water partition coefficient (Wildman–Crippen LogP) is 3.30. The van der Waals surface area contributed by atoms with Crippen molar-refractivity contribution in [2.45, 2.75) is 4.90 Å². The van der Waals surface area contributed by atoms with Crippen LogP contribution in [-0.4, -0.2) is 22.1 Å². The van der Waals surface area contributed by atoms with Gasteiger partial charge in [-0.05, 0) is 28.1 Å². The zero-order chi connectivity index (χ0) is 13.9. The lowest BCUT2D eigenvalue weighted by Crippen LogP contribution is -2.25. The van der Waals surface area contributed by atoms with Crippen LogP contribution in [0.2, 0.25) is 5.02 Å². The van der Waals surface area contributed by atoms with Crippen LogP contribution in [0, 0.1) is 0 Å². The van der Waals surface area contributed by atoms with Gasteiger partial charge in [-0.3, -0.25) is 0 Å². The molecule has 1 aromatic rings. The normalized spacial score (nSPS) is 11.3. The number of methoxy groups -OCH3 is 1. The molecule has 1 rings (SSSR count). The van der Waals surface area contributed by atoms with Crippen LogP contribution in [0.25, 0.3) is 0 Å². The van der Waals surface area contributed by atoms with E-state index < -0.39 is 10.0 Å². The van der Waals surface area contributed by atoms with Gasteiger partial charge in [-0.25, -0.2) is 13.1 Å². The highest BCUT2D eigenvalue weighted by molar-refractivity contribution is 9.11. The number of halogens is 3. The number of hydrogen-bond donors (Lipinski definition) is 1. The van der Waals surface area contributed by atoms with Crippen molar-refractivity contribution in [1.29, 1.82) is 0 Å². The molecule has 0 aliphatic carbocycles. The van der Waals surface area contributed by atoms with Crippen LogP contribution in [0.5, 0.6) is 5.75 Å². The quantitative estimate of drug-likeness (QED) is 0.797. The predicted molar refractivity (Wildman–Crippen MR) is 79.0 cm³/mol. The Morgan fingerprint density at radius 3 is 2.67 bits per heavy atom. The summed E-state index contributed by atoms with van der Waals surface area (Å²) in [5, 5.41) is 0.292. The van der Waals surface area contributed by atoms with E-state index in [0.29, 0.717) is 14.0 Å². The Labute approximate surface area is 128 Å². The van der Waals surface area contributed by atoms with E-state index in [1.54, 1.807) is 6.07 Å². The highest BCUT2D eigenvalue weighted by atomic mass is 79.9. The lowest BCUT2D eigenvalue weighted by Gasteiger charge is -2.12. The maximum atomic E-state index is 12.1. The molecule has 0 atom stereocenters. The summed E-state index contributed by atoms with van der Waals surface area (Å²) in [6, 6.07) is 2.88. The maximum absolute atomic E-state index is 12.1. The van der Waals surface area contributed by atoms with Gasteiger partial charge in [0.25, 0.3) is 0 Å². The van der Waals surface area contributed by atoms with E-state index in [4.69, 9.17) is 16.3 Å². The van der Waals surface area contributed by atoms with Gasteiger partial charge in [0.15, 0.2) is 5.75 Å². The Kier molecular flexibility index (Phi) is 5.67. The van der Waals surface area contributed by atoms with Gasteiger partial charge in [0.1, 0.15) is 4.90 Å². The molecular formula is C10H10Br2ClNO3S. The van der Waals surface area contributed by atoms with Crippen LogP contribution >= 0.6 is 43.5 Å². The Morgan fingerprint density at radius 2 is 2.17 bits per heavy atom. The second-order valence-electron chi connectivity index (χ2n) is 3.26. The smallest absolute Gasteiger partial charge is 0.244 e. The van der Waals surface area contributed by atoms with Crippen LogP contribution in [-0.2, 0) is 10.0 Å². The molecule has 100 valence electrons. The summed E-state index contributed by atoms with van der Waals surface area (Å²) in [5.41, 5.74) is 0. The van der Waals surface area contributed by atoms with Gasteiger partial charge >= 0.3 is 0 Å². The van der Waals surface area contributed by atoms with E-state index in [1.807, 2.05) is 0 Å². The Balaban J connectivity index is 3.27. The molecule has 0 radical (unpaired) electrons. The molecule has 0 fully saturated rings.